The molecule has 2 fully saturated rings. The summed E-state index contributed by atoms with van der Waals surface area (Å²) in [5, 5.41) is 12.8. The zero-order chi connectivity index (χ0) is 21.7. The lowest BCUT2D eigenvalue weighted by molar-refractivity contribution is -0.134. The largest absolute Gasteiger partial charge is 0.490 e. The molecule has 0 radical (unpaired) electrons. The van der Waals surface area contributed by atoms with Crippen LogP contribution in [0.3, 0.4) is 0 Å². The molecule has 2 aliphatic rings. The van der Waals surface area contributed by atoms with Crippen LogP contribution in [0.25, 0.3) is 0 Å². The van der Waals surface area contributed by atoms with E-state index in [0.717, 1.165) is 51.6 Å². The van der Waals surface area contributed by atoms with Crippen molar-refractivity contribution in [3.8, 4) is 5.75 Å². The van der Waals surface area contributed by atoms with Gasteiger partial charge in [0.15, 0.2) is 0 Å². The summed E-state index contributed by atoms with van der Waals surface area (Å²) < 4.78 is 6.11. The van der Waals surface area contributed by atoms with Crippen LogP contribution in [0.1, 0.15) is 76.1 Å². The molecule has 1 aliphatic heterocycles. The molecule has 1 unspecified atom stereocenters. The van der Waals surface area contributed by atoms with Gasteiger partial charge in [0.2, 0.25) is 5.91 Å². The van der Waals surface area contributed by atoms with Crippen LogP contribution in [-0.2, 0) is 4.79 Å². The number of rotatable bonds is 9. The van der Waals surface area contributed by atoms with Gasteiger partial charge in [0, 0.05) is 43.5 Å². The Morgan fingerprint density at radius 1 is 1.23 bits per heavy atom. The second kappa shape index (κ2) is 9.82. The first-order valence-electron chi connectivity index (χ1n) is 11.3. The Hall–Kier alpha value is -2.08. The van der Waals surface area contributed by atoms with Crippen LogP contribution in [0.4, 0.5) is 0 Å². The molecule has 1 saturated carbocycles. The van der Waals surface area contributed by atoms with Gasteiger partial charge < -0.3 is 20.1 Å². The number of likely N-dealkylation sites (tertiary alicyclic amines) is 1. The fraction of sp³-hybridized carbons (Fsp3) is 0.667. The van der Waals surface area contributed by atoms with E-state index in [9.17, 15) is 14.7 Å². The number of carbonyl (C=O) groups is 2. The highest BCUT2D eigenvalue weighted by atomic mass is 16.5. The molecule has 3 rings (SSSR count). The maximum absolute atomic E-state index is 12.6. The van der Waals surface area contributed by atoms with Gasteiger partial charge in [-0.15, -0.1) is 0 Å². The van der Waals surface area contributed by atoms with E-state index in [1.54, 1.807) is 26.0 Å². The SMILES string of the molecule is CC(CCCC(C)(C)O)NC(=O)c1cccc(OC2CCN(C(=O)C3CC3)CC2)c1. The Labute approximate surface area is 180 Å². The van der Waals surface area contributed by atoms with E-state index in [0.29, 0.717) is 23.6 Å². The van der Waals surface area contributed by atoms with Gasteiger partial charge >= 0.3 is 0 Å². The smallest absolute Gasteiger partial charge is 0.251 e. The minimum atomic E-state index is -0.670. The average Bonchev–Trinajstić information content (AvgIpc) is 3.52. The predicted molar refractivity (Wildman–Crippen MR) is 116 cm³/mol. The zero-order valence-electron chi connectivity index (χ0n) is 18.5. The number of amides is 2. The first-order chi connectivity index (χ1) is 14.2. The molecule has 2 N–H and O–H groups in total. The van der Waals surface area contributed by atoms with E-state index in [-0.39, 0.29) is 24.0 Å². The van der Waals surface area contributed by atoms with Crippen molar-refractivity contribution in [2.75, 3.05) is 13.1 Å². The molecule has 0 aromatic heterocycles. The van der Waals surface area contributed by atoms with Gasteiger partial charge in [-0.05, 0) is 71.1 Å². The lowest BCUT2D eigenvalue weighted by Crippen LogP contribution is -2.42. The third-order valence-corrected chi connectivity index (χ3v) is 5.88. The minimum absolute atomic E-state index is 0.0396. The van der Waals surface area contributed by atoms with E-state index in [2.05, 4.69) is 5.32 Å². The summed E-state index contributed by atoms with van der Waals surface area (Å²) in [6.45, 7) is 7.09. The van der Waals surface area contributed by atoms with Crippen molar-refractivity contribution in [2.24, 2.45) is 5.92 Å². The minimum Gasteiger partial charge on any atom is -0.490 e. The summed E-state index contributed by atoms with van der Waals surface area (Å²) in [4.78, 5) is 26.7. The lowest BCUT2D eigenvalue weighted by Gasteiger charge is -2.32. The molecule has 1 atom stereocenters. The fourth-order valence-corrected chi connectivity index (χ4v) is 3.91. The maximum atomic E-state index is 12.6. The molecular formula is C24H36N2O4. The highest BCUT2D eigenvalue weighted by molar-refractivity contribution is 5.94. The quantitative estimate of drug-likeness (QED) is 0.646. The molecule has 6 heteroatoms. The maximum Gasteiger partial charge on any atom is 0.251 e. The molecule has 0 bridgehead atoms. The second-order valence-electron chi connectivity index (χ2n) is 9.52. The van der Waals surface area contributed by atoms with Gasteiger partial charge in [-0.2, -0.15) is 0 Å². The zero-order valence-corrected chi connectivity index (χ0v) is 18.5. The van der Waals surface area contributed by atoms with E-state index < -0.39 is 5.60 Å². The number of aliphatic hydroxyl groups is 1. The molecule has 0 spiro atoms. The fourth-order valence-electron chi connectivity index (χ4n) is 3.91. The predicted octanol–water partition coefficient (Wildman–Crippen LogP) is 3.53. The van der Waals surface area contributed by atoms with Crippen LogP contribution in [0, 0.1) is 5.92 Å². The Balaban J connectivity index is 1.45. The molecule has 1 aromatic rings. The van der Waals surface area contributed by atoms with Gasteiger partial charge in [-0.3, -0.25) is 9.59 Å². The molecule has 6 nitrogen and oxygen atoms in total. The monoisotopic (exact) mass is 416 g/mol. The van der Waals surface area contributed by atoms with Crippen molar-refractivity contribution in [1.29, 1.82) is 0 Å². The number of ether oxygens (including phenoxy) is 1. The van der Waals surface area contributed by atoms with Crippen LogP contribution in [0.2, 0.25) is 0 Å². The molecule has 1 saturated heterocycles. The Bertz CT molecular complexity index is 731. The van der Waals surface area contributed by atoms with Gasteiger partial charge in [0.05, 0.1) is 5.60 Å². The summed E-state index contributed by atoms with van der Waals surface area (Å²) in [5.74, 6) is 1.17. The highest BCUT2D eigenvalue weighted by Crippen LogP contribution is 2.32. The third kappa shape index (κ3) is 7.01. The van der Waals surface area contributed by atoms with Crippen LogP contribution in [0.15, 0.2) is 24.3 Å². The van der Waals surface area contributed by atoms with Crippen LogP contribution in [0.5, 0.6) is 5.75 Å². The number of carbonyl (C=O) groups excluding carboxylic acids is 2. The van der Waals surface area contributed by atoms with Crippen molar-refractivity contribution >= 4 is 11.8 Å². The van der Waals surface area contributed by atoms with Gasteiger partial charge in [0.1, 0.15) is 11.9 Å². The van der Waals surface area contributed by atoms with Crippen molar-refractivity contribution in [1.82, 2.24) is 10.2 Å². The summed E-state index contributed by atoms with van der Waals surface area (Å²) in [6, 6.07) is 7.35. The van der Waals surface area contributed by atoms with Crippen molar-refractivity contribution in [3.63, 3.8) is 0 Å². The summed E-state index contributed by atoms with van der Waals surface area (Å²) in [6.07, 6.45) is 6.21. The van der Waals surface area contributed by atoms with Crippen LogP contribution >= 0.6 is 0 Å². The van der Waals surface area contributed by atoms with E-state index >= 15 is 0 Å². The first kappa shape index (κ1) is 22.6. The number of piperidine rings is 1. The standard InChI is InChI=1S/C24H36N2O4/c1-17(6-5-13-24(2,3)29)25-22(27)19-7-4-8-21(16-19)30-20-11-14-26(15-12-20)23(28)18-9-10-18/h4,7-8,16-18,20,29H,5-6,9-15H2,1-3H3,(H,25,27). The Kier molecular flexibility index (Phi) is 7.40. The molecule has 2 amide bonds. The average molecular weight is 417 g/mol. The summed E-state index contributed by atoms with van der Waals surface area (Å²) >= 11 is 0. The topological polar surface area (TPSA) is 78.9 Å². The Morgan fingerprint density at radius 3 is 2.57 bits per heavy atom. The van der Waals surface area contributed by atoms with Crippen molar-refractivity contribution < 1.29 is 19.4 Å². The van der Waals surface area contributed by atoms with Gasteiger partial charge in [-0.25, -0.2) is 0 Å². The van der Waals surface area contributed by atoms with E-state index in [4.69, 9.17) is 4.74 Å². The van der Waals surface area contributed by atoms with Crippen molar-refractivity contribution in [3.05, 3.63) is 29.8 Å². The number of nitrogens with one attached hydrogen (secondary N) is 1. The third-order valence-electron chi connectivity index (χ3n) is 5.88. The van der Waals surface area contributed by atoms with Gasteiger partial charge in [-0.1, -0.05) is 6.07 Å². The second-order valence-corrected chi connectivity index (χ2v) is 9.52. The van der Waals surface area contributed by atoms with Gasteiger partial charge in [0.25, 0.3) is 5.91 Å². The van der Waals surface area contributed by atoms with E-state index in [1.165, 1.54) is 0 Å². The molecule has 166 valence electrons. The molecule has 1 heterocycles. The van der Waals surface area contributed by atoms with Crippen LogP contribution < -0.4 is 10.1 Å². The Morgan fingerprint density at radius 2 is 1.93 bits per heavy atom. The summed E-state index contributed by atoms with van der Waals surface area (Å²) in [5.41, 5.74) is -0.0836. The molecular weight excluding hydrogens is 380 g/mol. The highest BCUT2D eigenvalue weighted by Gasteiger charge is 2.35. The van der Waals surface area contributed by atoms with E-state index in [1.807, 2.05) is 24.0 Å². The molecule has 1 aromatic carbocycles. The van der Waals surface area contributed by atoms with Crippen molar-refractivity contribution in [2.45, 2.75) is 83.5 Å². The first-order valence-corrected chi connectivity index (χ1v) is 11.3. The number of benzene rings is 1. The number of hydrogen-bond donors (Lipinski definition) is 2. The van der Waals surface area contributed by atoms with Crippen LogP contribution in [-0.4, -0.2) is 52.7 Å². The molecule has 30 heavy (non-hydrogen) atoms. The normalized spacial score (nSPS) is 18.7. The number of hydrogen-bond acceptors (Lipinski definition) is 4. The molecule has 1 aliphatic carbocycles. The number of nitrogens with zero attached hydrogens (tertiary/aromatic N) is 1. The lowest BCUT2D eigenvalue weighted by atomic mass is 9.99. The summed E-state index contributed by atoms with van der Waals surface area (Å²) in [7, 11) is 0.